The summed E-state index contributed by atoms with van der Waals surface area (Å²) in [5.74, 6) is -0.830. The number of rotatable bonds is 7. The number of nitrogens with zero attached hydrogens (tertiary/aromatic N) is 1. The number of fused-ring (bicyclic) bond motifs is 1. The number of para-hydroxylation sites is 1. The van der Waals surface area contributed by atoms with Gasteiger partial charge >= 0.3 is 5.97 Å². The predicted molar refractivity (Wildman–Crippen MR) is 108 cm³/mol. The number of aldehydes is 1. The topological polar surface area (TPSA) is 77.4 Å². The Morgan fingerprint density at radius 2 is 2.00 bits per heavy atom. The van der Waals surface area contributed by atoms with E-state index < -0.39 is 5.97 Å². The van der Waals surface area contributed by atoms with Gasteiger partial charge in [-0.05, 0) is 30.7 Å². The standard InChI is InChI=1S/C21H19ClN2O4/c1-2-9-28-21(27)17-10-15(7-8-18(17)22)23-20(26)12-24-11-14(13-25)16-5-3-4-6-19(16)24/h3-8,10-11,13H,2,9,12H2,1H3,(H,23,26). The molecule has 3 rings (SSSR count). The molecule has 1 N–H and O–H groups in total. The van der Waals surface area contributed by atoms with E-state index in [0.717, 1.165) is 17.2 Å². The minimum absolute atomic E-state index is 0.0204. The second-order valence-electron chi connectivity index (χ2n) is 6.23. The average molecular weight is 399 g/mol. The van der Waals surface area contributed by atoms with Crippen molar-refractivity contribution in [3.63, 3.8) is 0 Å². The number of hydrogen-bond acceptors (Lipinski definition) is 4. The van der Waals surface area contributed by atoms with Crippen LogP contribution in [-0.2, 0) is 16.1 Å². The Labute approximate surface area is 167 Å². The highest BCUT2D eigenvalue weighted by molar-refractivity contribution is 6.33. The SMILES string of the molecule is CCCOC(=O)c1cc(NC(=O)Cn2cc(C=O)c3ccccc32)ccc1Cl. The molecule has 0 unspecified atom stereocenters. The molecule has 0 aliphatic rings. The third-order valence-electron chi connectivity index (χ3n) is 4.17. The number of hydrogen-bond donors (Lipinski definition) is 1. The normalized spacial score (nSPS) is 10.6. The van der Waals surface area contributed by atoms with E-state index in [-0.39, 0.29) is 23.0 Å². The van der Waals surface area contributed by atoms with Crippen molar-refractivity contribution in [2.24, 2.45) is 0 Å². The number of amides is 1. The number of benzene rings is 2. The lowest BCUT2D eigenvalue weighted by molar-refractivity contribution is -0.116. The number of carbonyl (C=O) groups excluding carboxylic acids is 3. The predicted octanol–water partition coefficient (Wildman–Crippen LogP) is 4.31. The Morgan fingerprint density at radius 3 is 2.75 bits per heavy atom. The van der Waals surface area contributed by atoms with Gasteiger partial charge in [0.05, 0.1) is 17.2 Å². The van der Waals surface area contributed by atoms with Crippen molar-refractivity contribution in [1.82, 2.24) is 4.57 Å². The summed E-state index contributed by atoms with van der Waals surface area (Å²) >= 11 is 6.07. The van der Waals surface area contributed by atoms with E-state index in [2.05, 4.69) is 5.32 Å². The number of halogens is 1. The Hall–Kier alpha value is -3.12. The third-order valence-corrected chi connectivity index (χ3v) is 4.50. The minimum Gasteiger partial charge on any atom is -0.462 e. The molecule has 0 aliphatic heterocycles. The van der Waals surface area contributed by atoms with Crippen LogP contribution >= 0.6 is 11.6 Å². The van der Waals surface area contributed by atoms with E-state index in [9.17, 15) is 14.4 Å². The summed E-state index contributed by atoms with van der Waals surface area (Å²) in [4.78, 5) is 35.8. The van der Waals surface area contributed by atoms with Crippen LogP contribution in [0.1, 0.15) is 34.1 Å². The van der Waals surface area contributed by atoms with Gasteiger partial charge in [-0.2, -0.15) is 0 Å². The molecule has 0 spiro atoms. The molecule has 1 heterocycles. The van der Waals surface area contributed by atoms with Crippen molar-refractivity contribution in [2.75, 3.05) is 11.9 Å². The fourth-order valence-electron chi connectivity index (χ4n) is 2.89. The first-order valence-corrected chi connectivity index (χ1v) is 9.21. The summed E-state index contributed by atoms with van der Waals surface area (Å²) in [6.07, 6.45) is 3.12. The molecule has 0 fully saturated rings. The number of anilines is 1. The van der Waals surface area contributed by atoms with Crippen LogP contribution in [0, 0.1) is 0 Å². The lowest BCUT2D eigenvalue weighted by atomic mass is 10.2. The molecule has 1 aromatic heterocycles. The maximum absolute atomic E-state index is 12.5. The van der Waals surface area contributed by atoms with Crippen molar-refractivity contribution in [2.45, 2.75) is 19.9 Å². The number of esters is 1. The summed E-state index contributed by atoms with van der Waals surface area (Å²) in [5.41, 5.74) is 1.95. The van der Waals surface area contributed by atoms with Crippen molar-refractivity contribution in [3.05, 3.63) is 64.8 Å². The largest absolute Gasteiger partial charge is 0.462 e. The summed E-state index contributed by atoms with van der Waals surface area (Å²) in [7, 11) is 0. The zero-order valence-electron chi connectivity index (χ0n) is 15.3. The molecule has 0 radical (unpaired) electrons. The molecule has 0 atom stereocenters. The van der Waals surface area contributed by atoms with Gasteiger partial charge in [-0.3, -0.25) is 9.59 Å². The zero-order valence-corrected chi connectivity index (χ0v) is 16.0. The molecule has 6 nitrogen and oxygen atoms in total. The molecular formula is C21H19ClN2O4. The highest BCUT2D eigenvalue weighted by atomic mass is 35.5. The molecule has 0 aliphatic carbocycles. The Kier molecular flexibility index (Phi) is 6.11. The summed E-state index contributed by atoms with van der Waals surface area (Å²) in [6, 6.07) is 12.0. The number of aromatic nitrogens is 1. The van der Waals surface area contributed by atoms with Crippen LogP contribution in [0.4, 0.5) is 5.69 Å². The maximum Gasteiger partial charge on any atom is 0.339 e. The van der Waals surface area contributed by atoms with Gasteiger partial charge in [0.25, 0.3) is 0 Å². The summed E-state index contributed by atoms with van der Waals surface area (Å²) in [6.45, 7) is 2.21. The van der Waals surface area contributed by atoms with Crippen LogP contribution in [0.2, 0.25) is 5.02 Å². The van der Waals surface area contributed by atoms with Crippen LogP contribution < -0.4 is 5.32 Å². The van der Waals surface area contributed by atoms with E-state index in [4.69, 9.17) is 16.3 Å². The Morgan fingerprint density at radius 1 is 1.21 bits per heavy atom. The van der Waals surface area contributed by atoms with Crippen LogP contribution in [0.5, 0.6) is 0 Å². The van der Waals surface area contributed by atoms with Gasteiger partial charge in [-0.25, -0.2) is 4.79 Å². The molecule has 1 amide bonds. The smallest absolute Gasteiger partial charge is 0.339 e. The van der Waals surface area contributed by atoms with Crippen LogP contribution in [-0.4, -0.2) is 29.3 Å². The second-order valence-corrected chi connectivity index (χ2v) is 6.63. The highest BCUT2D eigenvalue weighted by Crippen LogP contribution is 2.23. The molecule has 0 saturated heterocycles. The fourth-order valence-corrected chi connectivity index (χ4v) is 3.08. The molecule has 0 saturated carbocycles. The Balaban J connectivity index is 1.77. The number of carbonyl (C=O) groups is 3. The van der Waals surface area contributed by atoms with E-state index in [1.54, 1.807) is 16.8 Å². The monoisotopic (exact) mass is 398 g/mol. The number of ether oxygens (including phenoxy) is 1. The van der Waals surface area contributed by atoms with Crippen LogP contribution in [0.15, 0.2) is 48.7 Å². The van der Waals surface area contributed by atoms with Crippen molar-refractivity contribution < 1.29 is 19.1 Å². The fraction of sp³-hybridized carbons (Fsp3) is 0.190. The molecule has 0 bridgehead atoms. The van der Waals surface area contributed by atoms with E-state index in [0.29, 0.717) is 24.3 Å². The van der Waals surface area contributed by atoms with E-state index in [1.165, 1.54) is 12.1 Å². The maximum atomic E-state index is 12.5. The number of nitrogens with one attached hydrogen (secondary N) is 1. The first-order valence-electron chi connectivity index (χ1n) is 8.83. The lowest BCUT2D eigenvalue weighted by Crippen LogP contribution is -2.18. The van der Waals surface area contributed by atoms with E-state index >= 15 is 0 Å². The molecule has 144 valence electrons. The Bertz CT molecular complexity index is 1040. The third kappa shape index (κ3) is 4.23. The van der Waals surface area contributed by atoms with Crippen molar-refractivity contribution in [3.8, 4) is 0 Å². The minimum atomic E-state index is -0.532. The second kappa shape index (κ2) is 8.71. The van der Waals surface area contributed by atoms with Gasteiger partial charge in [0, 0.05) is 28.4 Å². The molecule has 7 heteroatoms. The lowest BCUT2D eigenvalue weighted by Gasteiger charge is -2.10. The highest BCUT2D eigenvalue weighted by Gasteiger charge is 2.15. The zero-order chi connectivity index (χ0) is 20.1. The molecule has 3 aromatic rings. The first-order chi connectivity index (χ1) is 13.5. The molecule has 2 aromatic carbocycles. The van der Waals surface area contributed by atoms with Gasteiger partial charge in [-0.1, -0.05) is 36.7 Å². The summed E-state index contributed by atoms with van der Waals surface area (Å²) < 4.78 is 6.81. The van der Waals surface area contributed by atoms with Gasteiger partial charge in [0.15, 0.2) is 6.29 Å². The van der Waals surface area contributed by atoms with Gasteiger partial charge < -0.3 is 14.6 Å². The molecular weight excluding hydrogens is 380 g/mol. The summed E-state index contributed by atoms with van der Waals surface area (Å²) in [5, 5.41) is 3.79. The van der Waals surface area contributed by atoms with Crippen LogP contribution in [0.25, 0.3) is 10.9 Å². The van der Waals surface area contributed by atoms with Gasteiger partial charge in [0.2, 0.25) is 5.91 Å². The molecule has 28 heavy (non-hydrogen) atoms. The van der Waals surface area contributed by atoms with Gasteiger partial charge in [-0.15, -0.1) is 0 Å². The van der Waals surface area contributed by atoms with Crippen molar-refractivity contribution >= 4 is 46.4 Å². The van der Waals surface area contributed by atoms with Gasteiger partial charge in [0.1, 0.15) is 6.54 Å². The average Bonchev–Trinajstić information content (AvgIpc) is 3.05. The first kappa shape index (κ1) is 19.6. The quantitative estimate of drug-likeness (QED) is 0.475. The van der Waals surface area contributed by atoms with E-state index in [1.807, 2.05) is 31.2 Å². The van der Waals surface area contributed by atoms with Crippen molar-refractivity contribution in [1.29, 1.82) is 0 Å². The van der Waals surface area contributed by atoms with Crippen LogP contribution in [0.3, 0.4) is 0 Å².